The second kappa shape index (κ2) is 8.10. The van der Waals surface area contributed by atoms with Gasteiger partial charge in [0.15, 0.2) is 0 Å². The molecule has 2 rings (SSSR count). The second-order valence-electron chi connectivity index (χ2n) is 6.25. The summed E-state index contributed by atoms with van der Waals surface area (Å²) in [6.07, 6.45) is 1.42. The Hall–Kier alpha value is -2.05. The molecular formula is C19H23ClN2O3S. The molecule has 0 aliphatic heterocycles. The van der Waals surface area contributed by atoms with E-state index in [1.54, 1.807) is 37.3 Å². The SMILES string of the molecule is CC[C@H](C(=O)Nc1ccc(C)c(C)c1)N(c1ccc(Cl)cc1)S(C)(=O)=O. The van der Waals surface area contributed by atoms with Crippen molar-refractivity contribution in [2.45, 2.75) is 33.2 Å². The van der Waals surface area contributed by atoms with Gasteiger partial charge in [0, 0.05) is 10.7 Å². The summed E-state index contributed by atoms with van der Waals surface area (Å²) in [5.74, 6) is -0.379. The number of benzene rings is 2. The van der Waals surface area contributed by atoms with Crippen molar-refractivity contribution in [1.82, 2.24) is 0 Å². The molecular weight excluding hydrogens is 372 g/mol. The maximum Gasteiger partial charge on any atom is 0.248 e. The normalized spacial score (nSPS) is 12.5. The Balaban J connectivity index is 2.36. The monoisotopic (exact) mass is 394 g/mol. The standard InChI is InChI=1S/C19H23ClN2O3S/c1-5-18(19(23)21-16-9-6-13(2)14(3)12-16)22(26(4,24)25)17-10-7-15(20)8-11-17/h6-12,18H,5H2,1-4H3,(H,21,23)/t18-/m1/s1. The minimum Gasteiger partial charge on any atom is -0.324 e. The molecule has 0 fully saturated rings. The second-order valence-corrected chi connectivity index (χ2v) is 8.54. The number of carbonyl (C=O) groups is 1. The predicted octanol–water partition coefficient (Wildman–Crippen LogP) is 4.14. The molecule has 1 amide bonds. The topological polar surface area (TPSA) is 66.5 Å². The van der Waals surface area contributed by atoms with Crippen molar-refractivity contribution in [1.29, 1.82) is 0 Å². The van der Waals surface area contributed by atoms with Crippen LogP contribution in [0.15, 0.2) is 42.5 Å². The van der Waals surface area contributed by atoms with E-state index >= 15 is 0 Å². The molecule has 7 heteroatoms. The number of rotatable bonds is 6. The summed E-state index contributed by atoms with van der Waals surface area (Å²) < 4.78 is 25.9. The minimum atomic E-state index is -3.66. The molecule has 0 aliphatic carbocycles. The van der Waals surface area contributed by atoms with Crippen molar-refractivity contribution in [2.75, 3.05) is 15.9 Å². The van der Waals surface area contributed by atoms with Crippen molar-refractivity contribution in [2.24, 2.45) is 0 Å². The zero-order chi connectivity index (χ0) is 19.5. The number of nitrogens with zero attached hydrogens (tertiary/aromatic N) is 1. The lowest BCUT2D eigenvalue weighted by molar-refractivity contribution is -0.117. The van der Waals surface area contributed by atoms with Gasteiger partial charge in [0.25, 0.3) is 0 Å². The summed E-state index contributed by atoms with van der Waals surface area (Å²) in [6, 6.07) is 11.1. The Morgan fingerprint density at radius 2 is 1.73 bits per heavy atom. The summed E-state index contributed by atoms with van der Waals surface area (Å²) in [7, 11) is -3.66. The van der Waals surface area contributed by atoms with Gasteiger partial charge in [0.1, 0.15) is 6.04 Å². The largest absolute Gasteiger partial charge is 0.324 e. The molecule has 0 radical (unpaired) electrons. The number of amides is 1. The van der Waals surface area contributed by atoms with Gasteiger partial charge < -0.3 is 5.32 Å². The van der Waals surface area contributed by atoms with Crippen LogP contribution in [0.3, 0.4) is 0 Å². The van der Waals surface area contributed by atoms with Crippen LogP contribution in [0, 0.1) is 13.8 Å². The van der Waals surface area contributed by atoms with Crippen molar-refractivity contribution >= 4 is 38.9 Å². The van der Waals surface area contributed by atoms with Crippen LogP contribution in [0.2, 0.25) is 5.02 Å². The number of aryl methyl sites for hydroxylation is 2. The van der Waals surface area contributed by atoms with Crippen LogP contribution >= 0.6 is 11.6 Å². The third-order valence-corrected chi connectivity index (χ3v) is 5.62. The number of nitrogens with one attached hydrogen (secondary N) is 1. The average molecular weight is 395 g/mol. The zero-order valence-corrected chi connectivity index (χ0v) is 16.9. The minimum absolute atomic E-state index is 0.326. The maximum absolute atomic E-state index is 12.8. The fraction of sp³-hybridized carbons (Fsp3) is 0.316. The summed E-state index contributed by atoms with van der Waals surface area (Å²) in [4.78, 5) is 12.8. The quantitative estimate of drug-likeness (QED) is 0.800. The molecule has 0 heterocycles. The summed E-state index contributed by atoms with van der Waals surface area (Å²) >= 11 is 5.89. The Kier molecular flexibility index (Phi) is 6.31. The number of hydrogen-bond acceptors (Lipinski definition) is 3. The van der Waals surface area contributed by atoms with Gasteiger partial charge in [0.05, 0.1) is 11.9 Å². The maximum atomic E-state index is 12.8. The van der Waals surface area contributed by atoms with E-state index in [-0.39, 0.29) is 5.91 Å². The Labute approximate surface area is 160 Å². The Bertz CT molecular complexity index is 896. The molecule has 26 heavy (non-hydrogen) atoms. The number of carbonyl (C=O) groups excluding carboxylic acids is 1. The van der Waals surface area contributed by atoms with E-state index in [1.807, 2.05) is 26.0 Å². The molecule has 2 aromatic carbocycles. The van der Waals surface area contributed by atoms with E-state index in [4.69, 9.17) is 11.6 Å². The van der Waals surface area contributed by atoms with Crippen LogP contribution in [0.4, 0.5) is 11.4 Å². The highest BCUT2D eigenvalue weighted by Crippen LogP contribution is 2.25. The molecule has 0 aromatic heterocycles. The molecule has 140 valence electrons. The molecule has 2 aromatic rings. The molecule has 0 bridgehead atoms. The fourth-order valence-electron chi connectivity index (χ4n) is 2.69. The highest BCUT2D eigenvalue weighted by atomic mass is 35.5. The molecule has 0 spiro atoms. The zero-order valence-electron chi connectivity index (χ0n) is 15.3. The third kappa shape index (κ3) is 4.77. The van der Waals surface area contributed by atoms with E-state index in [0.717, 1.165) is 21.7 Å². The van der Waals surface area contributed by atoms with Crippen LogP contribution in [0.1, 0.15) is 24.5 Å². The first-order chi connectivity index (χ1) is 12.1. The molecule has 0 saturated carbocycles. The Morgan fingerprint density at radius 1 is 1.12 bits per heavy atom. The van der Waals surface area contributed by atoms with E-state index in [9.17, 15) is 13.2 Å². The third-order valence-electron chi connectivity index (χ3n) is 4.19. The van der Waals surface area contributed by atoms with Gasteiger partial charge >= 0.3 is 0 Å². The highest BCUT2D eigenvalue weighted by molar-refractivity contribution is 7.92. The van der Waals surface area contributed by atoms with Gasteiger partial charge in [-0.15, -0.1) is 0 Å². The lowest BCUT2D eigenvalue weighted by Crippen LogP contribution is -2.47. The first-order valence-electron chi connectivity index (χ1n) is 8.26. The van der Waals surface area contributed by atoms with Gasteiger partial charge in [-0.1, -0.05) is 24.6 Å². The van der Waals surface area contributed by atoms with Crippen molar-refractivity contribution in [3.8, 4) is 0 Å². The van der Waals surface area contributed by atoms with Crippen LogP contribution in [-0.4, -0.2) is 26.6 Å². The molecule has 1 atom stereocenters. The van der Waals surface area contributed by atoms with Crippen LogP contribution in [0.25, 0.3) is 0 Å². The van der Waals surface area contributed by atoms with Gasteiger partial charge in [-0.05, 0) is 67.8 Å². The van der Waals surface area contributed by atoms with Crippen LogP contribution in [0.5, 0.6) is 0 Å². The van der Waals surface area contributed by atoms with E-state index < -0.39 is 16.1 Å². The fourth-order valence-corrected chi connectivity index (χ4v) is 4.03. The van der Waals surface area contributed by atoms with E-state index in [0.29, 0.717) is 22.8 Å². The predicted molar refractivity (Wildman–Crippen MR) is 107 cm³/mol. The first kappa shape index (κ1) is 20.3. The highest BCUT2D eigenvalue weighted by Gasteiger charge is 2.31. The summed E-state index contributed by atoms with van der Waals surface area (Å²) in [5, 5.41) is 3.32. The first-order valence-corrected chi connectivity index (χ1v) is 10.5. The van der Waals surface area contributed by atoms with Gasteiger partial charge in [-0.2, -0.15) is 0 Å². The van der Waals surface area contributed by atoms with Crippen molar-refractivity contribution in [3.63, 3.8) is 0 Å². The molecule has 5 nitrogen and oxygen atoms in total. The molecule has 1 N–H and O–H groups in total. The molecule has 0 unspecified atom stereocenters. The van der Waals surface area contributed by atoms with Gasteiger partial charge in [-0.3, -0.25) is 9.10 Å². The van der Waals surface area contributed by atoms with Crippen molar-refractivity contribution in [3.05, 3.63) is 58.6 Å². The van der Waals surface area contributed by atoms with Crippen LogP contribution in [-0.2, 0) is 14.8 Å². The summed E-state index contributed by atoms with van der Waals surface area (Å²) in [6.45, 7) is 5.72. The number of hydrogen-bond donors (Lipinski definition) is 1. The number of halogens is 1. The molecule has 0 saturated heterocycles. The van der Waals surface area contributed by atoms with Crippen molar-refractivity contribution < 1.29 is 13.2 Å². The average Bonchev–Trinajstić information content (AvgIpc) is 2.56. The Morgan fingerprint density at radius 3 is 2.23 bits per heavy atom. The van der Waals surface area contributed by atoms with E-state index in [2.05, 4.69) is 5.32 Å². The van der Waals surface area contributed by atoms with Gasteiger partial charge in [0.2, 0.25) is 15.9 Å². The number of sulfonamides is 1. The van der Waals surface area contributed by atoms with Crippen LogP contribution < -0.4 is 9.62 Å². The lowest BCUT2D eigenvalue weighted by Gasteiger charge is -2.30. The number of anilines is 2. The van der Waals surface area contributed by atoms with Gasteiger partial charge in [-0.25, -0.2) is 8.42 Å². The van der Waals surface area contributed by atoms with E-state index in [1.165, 1.54) is 0 Å². The lowest BCUT2D eigenvalue weighted by atomic mass is 10.1. The smallest absolute Gasteiger partial charge is 0.248 e. The summed E-state index contributed by atoms with van der Waals surface area (Å²) in [5.41, 5.74) is 3.21. The molecule has 0 aliphatic rings.